The molecule has 12 heteroatoms. The lowest BCUT2D eigenvalue weighted by molar-refractivity contribution is -0.223. The second-order valence-corrected chi connectivity index (χ2v) is 15.2. The number of nitrogens with zero attached hydrogens (tertiary/aromatic N) is 1. The van der Waals surface area contributed by atoms with Crippen LogP contribution in [0.1, 0.15) is 56.4 Å². The van der Waals surface area contributed by atoms with E-state index in [-0.39, 0.29) is 48.7 Å². The van der Waals surface area contributed by atoms with Gasteiger partial charge in [-0.15, -0.1) is 18.3 Å². The maximum absolute atomic E-state index is 13.4. The number of aliphatic hydroxyl groups excluding tert-OH is 2. The van der Waals surface area contributed by atoms with Gasteiger partial charge in [0.25, 0.3) is 0 Å². The van der Waals surface area contributed by atoms with Crippen molar-refractivity contribution < 1.29 is 43.5 Å². The monoisotopic (exact) mass is 772 g/mol. The van der Waals surface area contributed by atoms with Gasteiger partial charge in [-0.25, -0.2) is 4.79 Å². The van der Waals surface area contributed by atoms with Crippen LogP contribution in [0, 0.1) is 17.8 Å². The molecule has 6 rings (SSSR count). The summed E-state index contributed by atoms with van der Waals surface area (Å²) in [6.07, 6.45) is 8.69. The average molecular weight is 773 g/mol. The zero-order valence-electron chi connectivity index (χ0n) is 31.8. The largest absolute Gasteiger partial charge is 0.497 e. The van der Waals surface area contributed by atoms with Gasteiger partial charge in [0.1, 0.15) is 30.1 Å². The zero-order valence-corrected chi connectivity index (χ0v) is 32.6. The number of hydrogen-bond donors (Lipinski definition) is 3. The van der Waals surface area contributed by atoms with Gasteiger partial charge in [0.2, 0.25) is 5.79 Å². The summed E-state index contributed by atoms with van der Waals surface area (Å²) < 4.78 is 30.9. The lowest BCUT2D eigenvalue weighted by atomic mass is 9.56. The first-order valence-electron chi connectivity index (χ1n) is 18.9. The van der Waals surface area contributed by atoms with Crippen LogP contribution >= 0.6 is 11.8 Å². The van der Waals surface area contributed by atoms with Crippen LogP contribution in [0.2, 0.25) is 0 Å². The molecule has 6 atom stereocenters. The fourth-order valence-electron chi connectivity index (χ4n) is 8.41. The maximum Gasteiger partial charge on any atom is 0.417 e. The van der Waals surface area contributed by atoms with Crippen LogP contribution in [-0.2, 0) is 9.57 Å². The molecule has 3 aromatic carbocycles. The summed E-state index contributed by atoms with van der Waals surface area (Å²) >= 11 is 1.70. The van der Waals surface area contributed by atoms with E-state index in [0.29, 0.717) is 47.9 Å². The van der Waals surface area contributed by atoms with E-state index in [1.165, 1.54) is 7.11 Å². The second kappa shape index (κ2) is 18.9. The summed E-state index contributed by atoms with van der Waals surface area (Å²) in [6.45, 7) is 4.49. The topological polar surface area (TPSA) is 137 Å². The summed E-state index contributed by atoms with van der Waals surface area (Å²) in [5.41, 5.74) is 3.21. The van der Waals surface area contributed by atoms with E-state index in [2.05, 4.69) is 35.3 Å². The van der Waals surface area contributed by atoms with Crippen molar-refractivity contribution in [2.45, 2.75) is 66.8 Å². The van der Waals surface area contributed by atoms with Crippen molar-refractivity contribution in [3.63, 3.8) is 0 Å². The number of carbonyl (C=O) groups excluding carboxylic acids is 1. The number of amides is 1. The summed E-state index contributed by atoms with van der Waals surface area (Å²) in [7, 11) is 4.65. The Hall–Kier alpha value is -4.49. The van der Waals surface area contributed by atoms with Gasteiger partial charge in [-0.3, -0.25) is 5.32 Å². The van der Waals surface area contributed by atoms with Crippen molar-refractivity contribution in [3.8, 4) is 23.0 Å². The Labute approximate surface area is 327 Å². The third-order valence-electron chi connectivity index (χ3n) is 10.7. The molecule has 0 saturated heterocycles. The molecule has 0 radical (unpaired) electrons. The molecule has 2 aliphatic carbocycles. The first-order valence-corrected chi connectivity index (χ1v) is 19.8. The smallest absolute Gasteiger partial charge is 0.417 e. The van der Waals surface area contributed by atoms with Gasteiger partial charge in [0.15, 0.2) is 0 Å². The Kier molecular flexibility index (Phi) is 13.8. The van der Waals surface area contributed by atoms with E-state index >= 15 is 0 Å². The molecule has 3 N–H and O–H groups in total. The first kappa shape index (κ1) is 40.2. The normalized spacial score (nSPS) is 24.4. The lowest BCUT2D eigenvalue weighted by Crippen LogP contribution is -2.64. The number of thioether (sulfide) groups is 1. The fraction of sp³-hybridized carbons (Fsp3) is 0.442. The summed E-state index contributed by atoms with van der Waals surface area (Å²) in [5.74, 6) is 0.666. The molecule has 11 nitrogen and oxygen atoms in total. The number of nitrogens with one attached hydrogen (secondary N) is 1. The minimum absolute atomic E-state index is 0.102. The van der Waals surface area contributed by atoms with Crippen molar-refractivity contribution in [3.05, 3.63) is 96.6 Å². The van der Waals surface area contributed by atoms with E-state index in [1.807, 2.05) is 30.3 Å². The van der Waals surface area contributed by atoms with Gasteiger partial charge in [-0.2, -0.15) is 0 Å². The molecule has 1 aliphatic heterocycles. The number of rotatable bonds is 18. The third-order valence-corrected chi connectivity index (χ3v) is 12.0. The quantitative estimate of drug-likeness (QED) is 0.0657. The standard InChI is InChI=1S/C43H52N2O9S/c1-5-23-52-43-39(55-31-14-7-6-8-15-31)27-36(45-51-4)33-24-28(13-9-11-21-46)32(16-10-12-22-47)40(41(33)43)34-25-30(18-20-37(34)54-43)53-42(48)44-35-19-17-29(49-2)26-38(35)50-3/h5-8,14-15,17-20,24-26,28,32,39-41,46-47H,1,9-13,16,21-23,27H2,2-4H3,(H,44,48)/t28-,32+,39-,40+,41+,43+/m0/s1. The highest BCUT2D eigenvalue weighted by atomic mass is 32.2. The van der Waals surface area contributed by atoms with E-state index in [0.717, 1.165) is 47.4 Å². The number of ether oxygens (including phenoxy) is 5. The van der Waals surface area contributed by atoms with Crippen LogP contribution in [0.4, 0.5) is 10.5 Å². The Morgan fingerprint density at radius 3 is 2.45 bits per heavy atom. The number of unbranched alkanes of at least 4 members (excludes halogenated alkanes) is 2. The molecule has 55 heavy (non-hydrogen) atoms. The highest BCUT2D eigenvalue weighted by Gasteiger charge is 2.64. The van der Waals surface area contributed by atoms with Crippen LogP contribution in [0.25, 0.3) is 0 Å². The highest BCUT2D eigenvalue weighted by molar-refractivity contribution is 8.00. The number of carbonyl (C=O) groups is 1. The Bertz CT molecular complexity index is 1840. The lowest BCUT2D eigenvalue weighted by Gasteiger charge is -2.58. The summed E-state index contributed by atoms with van der Waals surface area (Å²) in [6, 6.07) is 20.8. The number of fused-ring (bicyclic) bond motifs is 2. The molecule has 0 unspecified atom stereocenters. The molecule has 1 saturated carbocycles. The number of methoxy groups -OCH3 is 2. The zero-order chi connectivity index (χ0) is 38.8. The van der Waals surface area contributed by atoms with Crippen LogP contribution < -0.4 is 24.3 Å². The molecule has 3 aromatic rings. The molecule has 0 aromatic heterocycles. The summed E-state index contributed by atoms with van der Waals surface area (Å²) in [4.78, 5) is 20.0. The summed E-state index contributed by atoms with van der Waals surface area (Å²) in [5, 5.41) is 26.8. The van der Waals surface area contributed by atoms with Crippen LogP contribution in [0.5, 0.6) is 23.0 Å². The first-order chi connectivity index (χ1) is 26.9. The number of hydrogen-bond acceptors (Lipinski definition) is 11. The average Bonchev–Trinajstić information content (AvgIpc) is 3.20. The Morgan fingerprint density at radius 1 is 0.982 bits per heavy atom. The number of allylic oxidation sites excluding steroid dienone is 1. The van der Waals surface area contributed by atoms with Crippen LogP contribution in [0.3, 0.4) is 0 Å². The van der Waals surface area contributed by atoms with Gasteiger partial charge in [0, 0.05) is 42.1 Å². The van der Waals surface area contributed by atoms with Gasteiger partial charge < -0.3 is 38.7 Å². The predicted octanol–water partition coefficient (Wildman–Crippen LogP) is 8.37. The van der Waals surface area contributed by atoms with E-state index < -0.39 is 11.9 Å². The number of aliphatic hydroxyl groups is 2. The van der Waals surface area contributed by atoms with Crippen molar-refractivity contribution >= 4 is 29.3 Å². The Balaban J connectivity index is 1.47. The second-order valence-electron chi connectivity index (χ2n) is 13.9. The minimum atomic E-state index is -1.12. The predicted molar refractivity (Wildman–Crippen MR) is 213 cm³/mol. The molecule has 0 bridgehead atoms. The number of oxime groups is 1. The molecule has 0 spiro atoms. The fourth-order valence-corrected chi connectivity index (χ4v) is 9.72. The molecule has 1 fully saturated rings. The van der Waals surface area contributed by atoms with Crippen molar-refractivity contribution in [2.24, 2.45) is 22.9 Å². The van der Waals surface area contributed by atoms with Gasteiger partial charge in [0.05, 0.1) is 43.4 Å². The van der Waals surface area contributed by atoms with Crippen LogP contribution in [-0.4, -0.2) is 74.2 Å². The van der Waals surface area contributed by atoms with E-state index in [1.54, 1.807) is 56.3 Å². The molecular formula is C43H52N2O9S. The van der Waals surface area contributed by atoms with Gasteiger partial charge in [-0.05, 0) is 85.6 Å². The molecular weight excluding hydrogens is 721 g/mol. The van der Waals surface area contributed by atoms with Gasteiger partial charge >= 0.3 is 6.09 Å². The minimum Gasteiger partial charge on any atom is -0.497 e. The highest BCUT2D eigenvalue weighted by Crippen LogP contribution is 2.63. The van der Waals surface area contributed by atoms with Crippen molar-refractivity contribution in [1.82, 2.24) is 0 Å². The SMILES string of the molecule is C=CCO[C@@]12Oc3ccc(OC(=O)Nc4ccc(OC)cc4OC)cc3[C@H]3[C@H](CCCCO)[C@@H](CCCCO)C=C(C(=NOC)C[C@@H]1Sc1ccccc1)[C@H]32. The molecule has 1 heterocycles. The number of anilines is 1. The third kappa shape index (κ3) is 8.83. The molecule has 3 aliphatic rings. The van der Waals surface area contributed by atoms with E-state index in [9.17, 15) is 15.0 Å². The van der Waals surface area contributed by atoms with E-state index in [4.69, 9.17) is 28.5 Å². The number of benzene rings is 3. The van der Waals surface area contributed by atoms with Gasteiger partial charge in [-0.1, -0.05) is 48.3 Å². The van der Waals surface area contributed by atoms with Crippen LogP contribution in [0.15, 0.2) is 101 Å². The Morgan fingerprint density at radius 2 is 1.75 bits per heavy atom. The van der Waals surface area contributed by atoms with Crippen molar-refractivity contribution in [1.29, 1.82) is 0 Å². The molecule has 294 valence electrons. The van der Waals surface area contributed by atoms with Crippen molar-refractivity contribution in [2.75, 3.05) is 46.5 Å². The molecule has 1 amide bonds. The maximum atomic E-state index is 13.4.